The van der Waals surface area contributed by atoms with Gasteiger partial charge >= 0.3 is 0 Å². The van der Waals surface area contributed by atoms with Crippen LogP contribution < -0.4 is 4.72 Å². The fourth-order valence-electron chi connectivity index (χ4n) is 1.49. The number of hydrogen-bond donors (Lipinski definition) is 2. The molecule has 0 atom stereocenters. The van der Waals surface area contributed by atoms with Crippen molar-refractivity contribution < 1.29 is 13.5 Å². The summed E-state index contributed by atoms with van der Waals surface area (Å²) in [6, 6.07) is 1.49. The summed E-state index contributed by atoms with van der Waals surface area (Å²) in [6.45, 7) is 0.476. The van der Waals surface area contributed by atoms with Gasteiger partial charge in [-0.3, -0.25) is 4.98 Å². The van der Waals surface area contributed by atoms with Crippen LogP contribution in [0.5, 0.6) is 0 Å². The van der Waals surface area contributed by atoms with E-state index in [1.54, 1.807) is 0 Å². The van der Waals surface area contributed by atoms with Crippen LogP contribution in [-0.4, -0.2) is 31.7 Å². The number of aromatic nitrogens is 1. The Morgan fingerprint density at radius 3 is 2.89 bits per heavy atom. The van der Waals surface area contributed by atoms with E-state index in [2.05, 4.69) is 21.5 Å². The highest BCUT2D eigenvalue weighted by atomic mass is 32.2. The number of hydrogen-bond acceptors (Lipinski definition) is 4. The number of aliphatic hydroxyl groups is 1. The van der Waals surface area contributed by atoms with Crippen LogP contribution in [0.4, 0.5) is 0 Å². The normalized spacial score (nSPS) is 14.8. The van der Waals surface area contributed by atoms with Crippen molar-refractivity contribution in [3.8, 4) is 11.8 Å². The molecule has 1 fully saturated rings. The Morgan fingerprint density at radius 2 is 2.21 bits per heavy atom. The number of pyridine rings is 1. The molecule has 0 aliphatic heterocycles. The van der Waals surface area contributed by atoms with E-state index in [9.17, 15) is 8.42 Å². The molecule has 2 N–H and O–H groups in total. The minimum absolute atomic E-state index is 0.0125. The van der Waals surface area contributed by atoms with Crippen LogP contribution >= 0.6 is 0 Å². The van der Waals surface area contributed by atoms with Crippen molar-refractivity contribution >= 4 is 10.0 Å². The van der Waals surface area contributed by atoms with Crippen LogP contribution in [0.2, 0.25) is 0 Å². The number of sulfonamides is 1. The number of nitrogens with one attached hydrogen (secondary N) is 1. The predicted molar refractivity (Wildman–Crippen MR) is 70.7 cm³/mol. The molecule has 102 valence electrons. The molecular weight excluding hydrogens is 264 g/mol. The smallest absolute Gasteiger partial charge is 0.242 e. The van der Waals surface area contributed by atoms with Crippen LogP contribution in [-0.2, 0) is 10.0 Å². The molecule has 6 heteroatoms. The molecule has 1 aromatic rings. The van der Waals surface area contributed by atoms with Crippen LogP contribution in [0.15, 0.2) is 23.4 Å². The summed E-state index contributed by atoms with van der Waals surface area (Å²) in [5.41, 5.74) is 0.530. The quantitative estimate of drug-likeness (QED) is 0.770. The lowest BCUT2D eigenvalue weighted by molar-refractivity contribution is 0.305. The summed E-state index contributed by atoms with van der Waals surface area (Å²) in [6.07, 6.45) is 5.36. The first-order valence-corrected chi connectivity index (χ1v) is 7.64. The third kappa shape index (κ3) is 4.31. The maximum atomic E-state index is 12.0. The molecule has 1 aromatic heterocycles. The Hall–Kier alpha value is -1.42. The Kier molecular flexibility index (Phi) is 4.53. The maximum absolute atomic E-state index is 12.0. The first kappa shape index (κ1) is 14.0. The molecular formula is C13H16N2O3S. The lowest BCUT2D eigenvalue weighted by Gasteiger charge is -2.05. The first-order chi connectivity index (χ1) is 9.12. The summed E-state index contributed by atoms with van der Waals surface area (Å²) in [5, 5.41) is 8.63. The van der Waals surface area contributed by atoms with Gasteiger partial charge in [-0.25, -0.2) is 13.1 Å². The van der Waals surface area contributed by atoms with Crippen molar-refractivity contribution in [3.05, 3.63) is 24.0 Å². The third-order valence-corrected chi connectivity index (χ3v) is 4.14. The second-order valence-electron chi connectivity index (χ2n) is 4.48. The number of aliphatic hydroxyl groups excluding tert-OH is 1. The van der Waals surface area contributed by atoms with E-state index in [0.29, 0.717) is 24.4 Å². The second-order valence-corrected chi connectivity index (χ2v) is 6.25. The number of nitrogens with zero attached hydrogens (tertiary/aromatic N) is 1. The summed E-state index contributed by atoms with van der Waals surface area (Å²) in [4.78, 5) is 4.02. The van der Waals surface area contributed by atoms with Gasteiger partial charge in [-0.15, -0.1) is 0 Å². The minimum Gasteiger partial charge on any atom is -0.395 e. The fourth-order valence-corrected chi connectivity index (χ4v) is 2.59. The van der Waals surface area contributed by atoms with Crippen LogP contribution in [0.25, 0.3) is 0 Å². The van der Waals surface area contributed by atoms with Gasteiger partial charge in [-0.2, -0.15) is 0 Å². The Morgan fingerprint density at radius 1 is 1.42 bits per heavy atom. The molecule has 0 spiro atoms. The van der Waals surface area contributed by atoms with E-state index in [1.165, 1.54) is 18.5 Å². The van der Waals surface area contributed by atoms with Gasteiger partial charge in [0.05, 0.1) is 6.61 Å². The second kappa shape index (κ2) is 6.15. The highest BCUT2D eigenvalue weighted by Gasteiger charge is 2.24. The maximum Gasteiger partial charge on any atom is 0.242 e. The largest absolute Gasteiger partial charge is 0.395 e. The van der Waals surface area contributed by atoms with Gasteiger partial charge in [0.1, 0.15) is 4.90 Å². The predicted octanol–water partition coefficient (Wildman–Crippen LogP) is 0.504. The monoisotopic (exact) mass is 280 g/mol. The van der Waals surface area contributed by atoms with Gasteiger partial charge in [0.15, 0.2) is 0 Å². The molecule has 0 bridgehead atoms. The Balaban J connectivity index is 2.10. The van der Waals surface area contributed by atoms with Crippen molar-refractivity contribution in [2.75, 3.05) is 13.2 Å². The SMILES string of the molecule is O=S(=O)(NCC1CC1)c1cncc(C#CCCO)c1. The van der Waals surface area contributed by atoms with Crippen LogP contribution in [0, 0.1) is 17.8 Å². The molecule has 0 unspecified atom stereocenters. The molecule has 1 heterocycles. The van der Waals surface area contributed by atoms with E-state index < -0.39 is 10.0 Å². The molecule has 0 amide bonds. The lowest BCUT2D eigenvalue weighted by atomic mass is 10.3. The summed E-state index contributed by atoms with van der Waals surface area (Å²) in [5.74, 6) is 5.99. The van der Waals surface area contributed by atoms with Crippen molar-refractivity contribution in [2.24, 2.45) is 5.92 Å². The van der Waals surface area contributed by atoms with Gasteiger partial charge in [-0.1, -0.05) is 11.8 Å². The summed E-state index contributed by atoms with van der Waals surface area (Å²) >= 11 is 0. The minimum atomic E-state index is -3.50. The van der Waals surface area contributed by atoms with E-state index in [4.69, 9.17) is 5.11 Å². The van der Waals surface area contributed by atoms with Crippen molar-refractivity contribution in [3.63, 3.8) is 0 Å². The van der Waals surface area contributed by atoms with E-state index >= 15 is 0 Å². The average Bonchev–Trinajstić information content (AvgIpc) is 3.21. The molecule has 0 aromatic carbocycles. The van der Waals surface area contributed by atoms with Crippen molar-refractivity contribution in [2.45, 2.75) is 24.2 Å². The van der Waals surface area contributed by atoms with Gasteiger partial charge in [0, 0.05) is 30.9 Å². The third-order valence-electron chi connectivity index (χ3n) is 2.75. The zero-order chi connectivity index (χ0) is 13.7. The molecule has 1 aliphatic rings. The lowest BCUT2D eigenvalue weighted by Crippen LogP contribution is -2.26. The van der Waals surface area contributed by atoms with Crippen LogP contribution in [0.1, 0.15) is 24.8 Å². The highest BCUT2D eigenvalue weighted by molar-refractivity contribution is 7.89. The van der Waals surface area contributed by atoms with E-state index in [-0.39, 0.29) is 11.5 Å². The first-order valence-electron chi connectivity index (χ1n) is 6.16. The van der Waals surface area contributed by atoms with Crippen LogP contribution in [0.3, 0.4) is 0 Å². The topological polar surface area (TPSA) is 79.3 Å². The fraction of sp³-hybridized carbons (Fsp3) is 0.462. The standard InChI is InChI=1S/C13H16N2O3S/c16-6-2-1-3-12-7-13(10-14-8-12)19(17,18)15-9-11-4-5-11/h7-8,10-11,15-16H,2,4-6,9H2. The molecule has 19 heavy (non-hydrogen) atoms. The molecule has 0 radical (unpaired) electrons. The van der Waals surface area contributed by atoms with Gasteiger partial charge in [0.25, 0.3) is 0 Å². The van der Waals surface area contributed by atoms with Crippen molar-refractivity contribution in [1.82, 2.24) is 9.71 Å². The zero-order valence-corrected chi connectivity index (χ0v) is 11.3. The number of rotatable bonds is 5. The molecule has 1 aliphatic carbocycles. The summed E-state index contributed by atoms with van der Waals surface area (Å²) in [7, 11) is -3.50. The Bertz CT molecular complexity index is 598. The van der Waals surface area contributed by atoms with E-state index in [0.717, 1.165) is 12.8 Å². The summed E-state index contributed by atoms with van der Waals surface area (Å²) < 4.78 is 26.6. The molecule has 1 saturated carbocycles. The molecule has 2 rings (SSSR count). The zero-order valence-electron chi connectivity index (χ0n) is 10.5. The molecule has 5 nitrogen and oxygen atoms in total. The van der Waals surface area contributed by atoms with E-state index in [1.807, 2.05) is 0 Å². The van der Waals surface area contributed by atoms with Crippen molar-refractivity contribution in [1.29, 1.82) is 0 Å². The Labute approximate surface area is 113 Å². The van der Waals surface area contributed by atoms with Gasteiger partial charge in [-0.05, 0) is 24.8 Å². The van der Waals surface area contributed by atoms with Gasteiger partial charge in [0.2, 0.25) is 10.0 Å². The molecule has 0 saturated heterocycles. The van der Waals surface area contributed by atoms with Gasteiger partial charge < -0.3 is 5.11 Å². The highest BCUT2D eigenvalue weighted by Crippen LogP contribution is 2.28. The average molecular weight is 280 g/mol.